The average Bonchev–Trinajstić information content (AvgIpc) is 3.23. The van der Waals surface area contributed by atoms with Crippen LogP contribution < -0.4 is 0 Å². The van der Waals surface area contributed by atoms with Crippen LogP contribution in [0, 0.1) is 11.3 Å². The molecule has 0 N–H and O–H groups in total. The van der Waals surface area contributed by atoms with Crippen molar-refractivity contribution >= 4 is 21.5 Å². The predicted molar refractivity (Wildman–Crippen MR) is 212 cm³/mol. The van der Waals surface area contributed by atoms with Crippen LogP contribution in [-0.2, 0) is 0 Å². The first kappa shape index (κ1) is 30.8. The molecule has 1 aromatic heterocycles. The van der Waals surface area contributed by atoms with Crippen molar-refractivity contribution in [1.29, 1.82) is 5.26 Å². The van der Waals surface area contributed by atoms with Crippen LogP contribution in [0.2, 0.25) is 0 Å². The first-order valence-corrected chi connectivity index (χ1v) is 17.2. The van der Waals surface area contributed by atoms with Crippen LogP contribution in [-0.4, -0.2) is 15.0 Å². The Balaban J connectivity index is 1.06. The van der Waals surface area contributed by atoms with Crippen molar-refractivity contribution < 1.29 is 0 Å². The van der Waals surface area contributed by atoms with Gasteiger partial charge in [-0.15, -0.1) is 0 Å². The SMILES string of the molecule is N#Cc1ccc(-c2ccc3cc(-c4ccc(-c5ccc(-c6nc(-c7ccccc7)nc(-c7ccccc7)n6)cc5)c5ccccc45)ccc3c2)cc1. The summed E-state index contributed by atoms with van der Waals surface area (Å²) in [4.78, 5) is 14.7. The zero-order chi connectivity index (χ0) is 34.9. The van der Waals surface area contributed by atoms with E-state index in [9.17, 15) is 0 Å². The van der Waals surface area contributed by atoms with Crippen LogP contribution >= 0.6 is 0 Å². The molecule has 0 saturated carbocycles. The van der Waals surface area contributed by atoms with Crippen molar-refractivity contribution in [3.05, 3.63) is 188 Å². The Bertz CT molecular complexity index is 2710. The van der Waals surface area contributed by atoms with E-state index in [-0.39, 0.29) is 0 Å². The third-order valence-electron chi connectivity index (χ3n) is 9.58. The van der Waals surface area contributed by atoms with Crippen LogP contribution in [0.15, 0.2) is 182 Å². The number of nitrogens with zero attached hydrogens (tertiary/aromatic N) is 4. The summed E-state index contributed by atoms with van der Waals surface area (Å²) in [5, 5.41) is 13.9. The van der Waals surface area contributed by atoms with Crippen LogP contribution in [0.3, 0.4) is 0 Å². The van der Waals surface area contributed by atoms with Crippen molar-refractivity contribution in [2.24, 2.45) is 0 Å². The number of hydrogen-bond donors (Lipinski definition) is 0. The topological polar surface area (TPSA) is 62.5 Å². The summed E-state index contributed by atoms with van der Waals surface area (Å²) in [6, 6.07) is 64.9. The molecule has 0 radical (unpaired) electrons. The second-order valence-corrected chi connectivity index (χ2v) is 12.8. The fourth-order valence-electron chi connectivity index (χ4n) is 6.87. The maximum Gasteiger partial charge on any atom is 0.164 e. The van der Waals surface area contributed by atoms with Gasteiger partial charge in [-0.05, 0) is 79.2 Å². The van der Waals surface area contributed by atoms with Crippen LogP contribution in [0.4, 0.5) is 0 Å². The molecule has 4 nitrogen and oxygen atoms in total. The summed E-state index contributed by atoms with van der Waals surface area (Å²) in [7, 11) is 0. The molecule has 0 aliphatic carbocycles. The molecule has 0 saturated heterocycles. The number of benzene rings is 8. The van der Waals surface area contributed by atoms with Gasteiger partial charge in [0.05, 0.1) is 11.6 Å². The largest absolute Gasteiger partial charge is 0.208 e. The number of fused-ring (bicyclic) bond motifs is 2. The lowest BCUT2D eigenvalue weighted by molar-refractivity contribution is 1.07. The summed E-state index contributed by atoms with van der Waals surface area (Å²) in [6.07, 6.45) is 0. The number of aromatic nitrogens is 3. The Hall–Kier alpha value is -7.22. The number of nitriles is 1. The van der Waals surface area contributed by atoms with Crippen molar-refractivity contribution in [2.45, 2.75) is 0 Å². The molecule has 0 aliphatic rings. The highest BCUT2D eigenvalue weighted by Gasteiger charge is 2.14. The molecule has 4 heteroatoms. The van der Waals surface area contributed by atoms with Crippen LogP contribution in [0.1, 0.15) is 5.56 Å². The van der Waals surface area contributed by atoms with E-state index in [2.05, 4.69) is 103 Å². The molecule has 0 aliphatic heterocycles. The summed E-state index contributed by atoms with van der Waals surface area (Å²) < 4.78 is 0. The molecule has 0 unspecified atom stereocenters. The van der Waals surface area contributed by atoms with Gasteiger partial charge >= 0.3 is 0 Å². The van der Waals surface area contributed by atoms with Crippen molar-refractivity contribution in [3.63, 3.8) is 0 Å². The Morgan fingerprint density at radius 2 is 0.731 bits per heavy atom. The molecule has 0 bridgehead atoms. The maximum absolute atomic E-state index is 9.17. The maximum atomic E-state index is 9.17. The predicted octanol–water partition coefficient (Wildman–Crippen LogP) is 12.1. The van der Waals surface area contributed by atoms with E-state index in [4.69, 9.17) is 20.2 Å². The van der Waals surface area contributed by atoms with Crippen LogP contribution in [0.25, 0.3) is 89.1 Å². The molecule has 0 amide bonds. The minimum Gasteiger partial charge on any atom is -0.208 e. The average molecular weight is 663 g/mol. The highest BCUT2D eigenvalue weighted by Crippen LogP contribution is 2.38. The third kappa shape index (κ3) is 5.87. The van der Waals surface area contributed by atoms with E-state index < -0.39 is 0 Å². The molecule has 0 atom stereocenters. The van der Waals surface area contributed by atoms with Crippen molar-refractivity contribution in [2.75, 3.05) is 0 Å². The summed E-state index contributed by atoms with van der Waals surface area (Å²) in [5.41, 5.74) is 10.4. The number of rotatable bonds is 6. The van der Waals surface area contributed by atoms with E-state index >= 15 is 0 Å². The van der Waals surface area contributed by atoms with Gasteiger partial charge in [-0.1, -0.05) is 158 Å². The molecule has 9 aromatic rings. The minimum atomic E-state index is 0.639. The molecule has 1 heterocycles. The second kappa shape index (κ2) is 13.2. The van der Waals surface area contributed by atoms with E-state index in [0.717, 1.165) is 33.4 Å². The fraction of sp³-hybridized carbons (Fsp3) is 0. The van der Waals surface area contributed by atoms with Gasteiger partial charge in [0, 0.05) is 16.7 Å². The lowest BCUT2D eigenvalue weighted by Gasteiger charge is -2.14. The number of hydrogen-bond acceptors (Lipinski definition) is 4. The van der Waals surface area contributed by atoms with Gasteiger partial charge in [-0.25, -0.2) is 15.0 Å². The Morgan fingerprint density at radius 1 is 0.327 bits per heavy atom. The van der Waals surface area contributed by atoms with Gasteiger partial charge in [0.25, 0.3) is 0 Å². The van der Waals surface area contributed by atoms with Gasteiger partial charge in [-0.3, -0.25) is 0 Å². The lowest BCUT2D eigenvalue weighted by atomic mass is 9.91. The summed E-state index contributed by atoms with van der Waals surface area (Å²) in [5.74, 6) is 1.94. The zero-order valence-corrected chi connectivity index (χ0v) is 28.1. The minimum absolute atomic E-state index is 0.639. The molecular weight excluding hydrogens is 633 g/mol. The van der Waals surface area contributed by atoms with E-state index in [1.165, 1.54) is 38.2 Å². The van der Waals surface area contributed by atoms with Gasteiger partial charge in [-0.2, -0.15) is 5.26 Å². The van der Waals surface area contributed by atoms with E-state index in [0.29, 0.717) is 23.0 Å². The zero-order valence-electron chi connectivity index (χ0n) is 28.1. The molecule has 242 valence electrons. The Kier molecular flexibility index (Phi) is 7.85. The first-order chi connectivity index (χ1) is 25.7. The highest BCUT2D eigenvalue weighted by atomic mass is 15.0. The van der Waals surface area contributed by atoms with Crippen molar-refractivity contribution in [3.8, 4) is 73.6 Å². The van der Waals surface area contributed by atoms with Gasteiger partial charge in [0.15, 0.2) is 17.5 Å². The molecule has 52 heavy (non-hydrogen) atoms. The molecule has 8 aromatic carbocycles. The van der Waals surface area contributed by atoms with E-state index in [1.807, 2.05) is 84.9 Å². The van der Waals surface area contributed by atoms with Crippen LogP contribution in [0.5, 0.6) is 0 Å². The standard InChI is InChI=1S/C48H30N4/c49-31-32-15-17-33(18-16-32)38-23-24-40-30-41(26-25-39(40)29-38)43-28-27-42(44-13-7-8-14-45(43)44)34-19-21-37(22-20-34)48-51-46(35-9-3-1-4-10-35)50-47(52-48)36-11-5-2-6-12-36/h1-30H. The molecule has 0 spiro atoms. The van der Waals surface area contributed by atoms with E-state index in [1.54, 1.807) is 0 Å². The monoisotopic (exact) mass is 662 g/mol. The lowest BCUT2D eigenvalue weighted by Crippen LogP contribution is -2.00. The second-order valence-electron chi connectivity index (χ2n) is 12.8. The van der Waals surface area contributed by atoms with Gasteiger partial charge < -0.3 is 0 Å². The molecular formula is C48H30N4. The normalized spacial score (nSPS) is 11.1. The molecule has 9 rings (SSSR count). The highest BCUT2D eigenvalue weighted by molar-refractivity contribution is 6.06. The van der Waals surface area contributed by atoms with Gasteiger partial charge in [0.1, 0.15) is 0 Å². The Labute approximate surface area is 302 Å². The van der Waals surface area contributed by atoms with Gasteiger partial charge in [0.2, 0.25) is 0 Å². The quantitative estimate of drug-likeness (QED) is 0.178. The first-order valence-electron chi connectivity index (χ1n) is 17.2. The smallest absolute Gasteiger partial charge is 0.164 e. The third-order valence-corrected chi connectivity index (χ3v) is 9.58. The summed E-state index contributed by atoms with van der Waals surface area (Å²) in [6.45, 7) is 0. The van der Waals surface area contributed by atoms with Crippen molar-refractivity contribution in [1.82, 2.24) is 15.0 Å². The summed E-state index contributed by atoms with van der Waals surface area (Å²) >= 11 is 0. The fourth-order valence-corrected chi connectivity index (χ4v) is 6.87. The molecule has 0 fully saturated rings. The Morgan fingerprint density at radius 3 is 1.27 bits per heavy atom.